The number of carbonyl (C=O) groups excluding carboxylic acids is 1. The Morgan fingerprint density at radius 1 is 1.31 bits per heavy atom. The van der Waals surface area contributed by atoms with Gasteiger partial charge in [0.15, 0.2) is 0 Å². The van der Waals surface area contributed by atoms with Crippen LogP contribution in [-0.2, 0) is 11.2 Å². The number of aromatic nitrogens is 1. The fourth-order valence-electron chi connectivity index (χ4n) is 2.15. The Morgan fingerprint density at radius 3 is 2.42 bits per heavy atom. The Kier molecular flexibility index (Phi) is 5.86. The van der Waals surface area contributed by atoms with E-state index in [0.29, 0.717) is 16.3 Å². The first-order valence-corrected chi connectivity index (χ1v) is 8.21. The summed E-state index contributed by atoms with van der Waals surface area (Å²) < 4.78 is 40.1. The number of aromatic carboxylic acids is 1. The minimum Gasteiger partial charge on any atom is -0.477 e. The van der Waals surface area contributed by atoms with Crippen molar-refractivity contribution >= 4 is 23.2 Å². The molecule has 140 valence electrons. The second-order valence-electron chi connectivity index (χ2n) is 5.43. The molecule has 0 spiro atoms. The van der Waals surface area contributed by atoms with Crippen molar-refractivity contribution in [2.75, 3.05) is 0 Å². The number of benzene rings is 1. The molecule has 1 amide bonds. The molecule has 0 saturated carbocycles. The van der Waals surface area contributed by atoms with Crippen molar-refractivity contribution in [3.8, 4) is 5.75 Å². The van der Waals surface area contributed by atoms with Crippen molar-refractivity contribution in [3.05, 3.63) is 45.4 Å². The van der Waals surface area contributed by atoms with Gasteiger partial charge in [-0.1, -0.05) is 12.1 Å². The standard InChI is InChI=1S/C16H15F3N2O4S/c1-8-13(15(23)24)26-14(21-8)9(2)20-12(22)7-10-3-5-11(6-4-10)25-16(17,18)19/h3-6,9H,7H2,1-2H3,(H,20,22)(H,23,24). The Balaban J connectivity index is 1.95. The third-order valence-electron chi connectivity index (χ3n) is 3.28. The molecule has 1 aromatic carbocycles. The zero-order valence-corrected chi connectivity index (χ0v) is 14.6. The number of thiazole rings is 1. The van der Waals surface area contributed by atoms with E-state index in [4.69, 9.17) is 5.11 Å². The zero-order chi connectivity index (χ0) is 19.5. The molecule has 0 aliphatic heterocycles. The predicted molar refractivity (Wildman–Crippen MR) is 87.2 cm³/mol. The largest absolute Gasteiger partial charge is 0.573 e. The molecule has 26 heavy (non-hydrogen) atoms. The van der Waals surface area contributed by atoms with E-state index in [2.05, 4.69) is 15.0 Å². The molecule has 0 bridgehead atoms. The maximum atomic E-state index is 12.1. The van der Waals surface area contributed by atoms with Gasteiger partial charge in [0.2, 0.25) is 5.91 Å². The second kappa shape index (κ2) is 7.73. The molecule has 0 fully saturated rings. The highest BCUT2D eigenvalue weighted by Crippen LogP contribution is 2.24. The summed E-state index contributed by atoms with van der Waals surface area (Å²) >= 11 is 0.983. The van der Waals surface area contributed by atoms with Gasteiger partial charge in [-0.15, -0.1) is 24.5 Å². The number of hydrogen-bond donors (Lipinski definition) is 2. The number of aryl methyl sites for hydroxylation is 1. The number of hydrogen-bond acceptors (Lipinski definition) is 5. The molecule has 1 atom stereocenters. The molecular formula is C16H15F3N2O4S. The molecule has 0 radical (unpaired) electrons. The quantitative estimate of drug-likeness (QED) is 0.791. The van der Waals surface area contributed by atoms with Crippen LogP contribution >= 0.6 is 11.3 Å². The molecule has 2 aromatic rings. The number of amides is 1. The van der Waals surface area contributed by atoms with Crippen molar-refractivity contribution in [1.29, 1.82) is 0 Å². The van der Waals surface area contributed by atoms with Crippen molar-refractivity contribution in [2.24, 2.45) is 0 Å². The number of halogens is 3. The molecule has 2 rings (SSSR count). The number of nitrogens with one attached hydrogen (secondary N) is 1. The number of carboxylic acid groups (broad SMARTS) is 1. The van der Waals surface area contributed by atoms with E-state index in [1.807, 2.05) is 0 Å². The van der Waals surface area contributed by atoms with Gasteiger partial charge in [-0.25, -0.2) is 9.78 Å². The molecule has 1 unspecified atom stereocenters. The molecule has 0 saturated heterocycles. The second-order valence-corrected chi connectivity index (χ2v) is 6.46. The molecule has 2 N–H and O–H groups in total. The van der Waals surface area contributed by atoms with E-state index in [-0.39, 0.29) is 23.0 Å². The first-order valence-electron chi connectivity index (χ1n) is 7.40. The molecule has 1 heterocycles. The monoisotopic (exact) mass is 388 g/mol. The van der Waals surface area contributed by atoms with Crippen molar-refractivity contribution in [1.82, 2.24) is 10.3 Å². The van der Waals surface area contributed by atoms with Crippen LogP contribution in [0.4, 0.5) is 13.2 Å². The van der Waals surface area contributed by atoms with Crippen LogP contribution in [0.25, 0.3) is 0 Å². The lowest BCUT2D eigenvalue weighted by Crippen LogP contribution is -2.28. The fraction of sp³-hybridized carbons (Fsp3) is 0.312. The van der Waals surface area contributed by atoms with Gasteiger partial charge in [-0.2, -0.15) is 0 Å². The highest BCUT2D eigenvalue weighted by atomic mass is 32.1. The number of alkyl halides is 3. The van der Waals surface area contributed by atoms with Gasteiger partial charge in [0, 0.05) is 0 Å². The van der Waals surface area contributed by atoms with Crippen molar-refractivity contribution in [2.45, 2.75) is 32.7 Å². The van der Waals surface area contributed by atoms with Crippen LogP contribution < -0.4 is 10.1 Å². The molecular weight excluding hydrogens is 373 g/mol. The topological polar surface area (TPSA) is 88.5 Å². The molecule has 6 nitrogen and oxygen atoms in total. The van der Waals surface area contributed by atoms with Crippen LogP contribution in [0.15, 0.2) is 24.3 Å². The van der Waals surface area contributed by atoms with Gasteiger partial charge in [-0.05, 0) is 31.5 Å². The summed E-state index contributed by atoms with van der Waals surface area (Å²) in [5.74, 6) is -1.81. The molecule has 0 aliphatic carbocycles. The maximum absolute atomic E-state index is 12.1. The fourth-order valence-corrected chi connectivity index (χ4v) is 3.06. The number of carboxylic acids is 1. The lowest BCUT2D eigenvalue weighted by atomic mass is 10.1. The summed E-state index contributed by atoms with van der Waals surface area (Å²) in [5.41, 5.74) is 0.879. The van der Waals surface area contributed by atoms with Gasteiger partial charge in [-0.3, -0.25) is 4.79 Å². The van der Waals surface area contributed by atoms with E-state index >= 15 is 0 Å². The van der Waals surface area contributed by atoms with Crippen LogP contribution in [0.5, 0.6) is 5.75 Å². The summed E-state index contributed by atoms with van der Waals surface area (Å²) in [6.07, 6.45) is -4.82. The number of ether oxygens (including phenoxy) is 1. The number of rotatable bonds is 6. The van der Waals surface area contributed by atoms with Gasteiger partial charge < -0.3 is 15.2 Å². The average molecular weight is 388 g/mol. The van der Waals surface area contributed by atoms with Gasteiger partial charge >= 0.3 is 12.3 Å². The van der Waals surface area contributed by atoms with E-state index < -0.39 is 18.4 Å². The normalized spacial score (nSPS) is 12.5. The Labute approximate surface area is 150 Å². The van der Waals surface area contributed by atoms with E-state index in [1.165, 1.54) is 12.1 Å². The summed E-state index contributed by atoms with van der Waals surface area (Å²) in [7, 11) is 0. The number of carbonyl (C=O) groups is 2. The number of nitrogens with zero attached hydrogens (tertiary/aromatic N) is 1. The average Bonchev–Trinajstić information content (AvgIpc) is 2.90. The summed E-state index contributed by atoms with van der Waals surface area (Å²) in [6.45, 7) is 3.24. The smallest absolute Gasteiger partial charge is 0.477 e. The Hall–Kier alpha value is -2.62. The van der Waals surface area contributed by atoms with E-state index in [1.54, 1.807) is 13.8 Å². The zero-order valence-electron chi connectivity index (χ0n) is 13.8. The lowest BCUT2D eigenvalue weighted by Gasteiger charge is -2.12. The lowest BCUT2D eigenvalue weighted by molar-refractivity contribution is -0.274. The predicted octanol–water partition coefficient (Wildman–Crippen LogP) is 3.47. The Morgan fingerprint density at radius 2 is 1.92 bits per heavy atom. The first kappa shape index (κ1) is 19.7. The van der Waals surface area contributed by atoms with Crippen molar-refractivity contribution in [3.63, 3.8) is 0 Å². The molecule has 0 aliphatic rings. The maximum Gasteiger partial charge on any atom is 0.573 e. The van der Waals surface area contributed by atoms with E-state index in [9.17, 15) is 22.8 Å². The van der Waals surface area contributed by atoms with Crippen LogP contribution in [0.1, 0.15) is 38.9 Å². The highest BCUT2D eigenvalue weighted by molar-refractivity contribution is 7.13. The summed E-state index contributed by atoms with van der Waals surface area (Å²) in [5, 5.41) is 12.2. The third-order valence-corrected chi connectivity index (χ3v) is 4.61. The van der Waals surface area contributed by atoms with E-state index in [0.717, 1.165) is 23.5 Å². The minimum atomic E-state index is -4.77. The third kappa shape index (κ3) is 5.45. The highest BCUT2D eigenvalue weighted by Gasteiger charge is 2.31. The van der Waals surface area contributed by atoms with Crippen LogP contribution in [0.2, 0.25) is 0 Å². The molecule has 1 aromatic heterocycles. The minimum absolute atomic E-state index is 0.0488. The van der Waals surface area contributed by atoms with Crippen LogP contribution in [0.3, 0.4) is 0 Å². The van der Waals surface area contributed by atoms with Gasteiger partial charge in [0.05, 0.1) is 18.2 Å². The molecule has 10 heteroatoms. The van der Waals surface area contributed by atoms with Crippen LogP contribution in [0, 0.1) is 6.92 Å². The Bertz CT molecular complexity index is 803. The van der Waals surface area contributed by atoms with Gasteiger partial charge in [0.1, 0.15) is 15.6 Å². The first-order chi connectivity index (χ1) is 12.0. The van der Waals surface area contributed by atoms with Gasteiger partial charge in [0.25, 0.3) is 0 Å². The summed E-state index contributed by atoms with van der Waals surface area (Å²) in [4.78, 5) is 27.4. The SMILES string of the molecule is Cc1nc(C(C)NC(=O)Cc2ccc(OC(F)(F)F)cc2)sc1C(=O)O. The summed E-state index contributed by atoms with van der Waals surface area (Å²) in [6, 6.07) is 4.49. The van der Waals surface area contributed by atoms with Crippen LogP contribution in [-0.4, -0.2) is 28.3 Å². The van der Waals surface area contributed by atoms with Crippen molar-refractivity contribution < 1.29 is 32.6 Å².